The molecule has 0 aliphatic heterocycles. The Balaban J connectivity index is 1.29. The molecule has 0 spiro atoms. The SMILES string of the molecule is COc1ccc(NC(=O)c2ccc(CSc3nnc4cc(C)c5ccccc5n34)cc2)cc1. The molecule has 0 atom stereocenters. The molecule has 1 amide bonds. The van der Waals surface area contributed by atoms with E-state index in [4.69, 9.17) is 4.74 Å². The number of benzene rings is 3. The van der Waals surface area contributed by atoms with E-state index in [2.05, 4.69) is 45.0 Å². The van der Waals surface area contributed by atoms with Gasteiger partial charge in [0.2, 0.25) is 0 Å². The Morgan fingerprint density at radius 1 is 1.00 bits per heavy atom. The Labute approximate surface area is 195 Å². The van der Waals surface area contributed by atoms with E-state index in [1.54, 1.807) is 18.9 Å². The minimum absolute atomic E-state index is 0.148. The van der Waals surface area contributed by atoms with Crippen molar-refractivity contribution in [1.82, 2.24) is 14.6 Å². The molecule has 0 saturated heterocycles. The monoisotopic (exact) mass is 454 g/mol. The van der Waals surface area contributed by atoms with E-state index >= 15 is 0 Å². The lowest BCUT2D eigenvalue weighted by atomic mass is 10.1. The van der Waals surface area contributed by atoms with Crippen molar-refractivity contribution in [2.75, 3.05) is 12.4 Å². The number of thioether (sulfide) groups is 1. The van der Waals surface area contributed by atoms with Crippen LogP contribution in [0, 0.1) is 6.92 Å². The maximum absolute atomic E-state index is 12.6. The van der Waals surface area contributed by atoms with E-state index in [9.17, 15) is 4.79 Å². The highest BCUT2D eigenvalue weighted by Gasteiger charge is 2.12. The standard InChI is InChI=1S/C26H22N4O2S/c1-17-15-24-28-29-26(30(24)23-6-4-3-5-22(17)23)33-16-18-7-9-19(10-8-18)25(31)27-20-11-13-21(32-2)14-12-20/h3-15H,16H2,1-2H3,(H,27,31). The summed E-state index contributed by atoms with van der Waals surface area (Å²) in [4.78, 5) is 12.6. The third-order valence-electron chi connectivity index (χ3n) is 5.51. The number of nitrogens with zero attached hydrogens (tertiary/aromatic N) is 3. The highest BCUT2D eigenvalue weighted by Crippen LogP contribution is 2.27. The maximum atomic E-state index is 12.6. The van der Waals surface area contributed by atoms with Crippen molar-refractivity contribution in [1.29, 1.82) is 0 Å². The van der Waals surface area contributed by atoms with Gasteiger partial charge in [0.25, 0.3) is 5.91 Å². The number of nitrogens with one attached hydrogen (secondary N) is 1. The summed E-state index contributed by atoms with van der Waals surface area (Å²) in [6.07, 6.45) is 0. The highest BCUT2D eigenvalue weighted by atomic mass is 32.2. The van der Waals surface area contributed by atoms with Crippen LogP contribution in [0.3, 0.4) is 0 Å². The molecule has 1 N–H and O–H groups in total. The summed E-state index contributed by atoms with van der Waals surface area (Å²) in [6, 6.07) is 25.3. The van der Waals surface area contributed by atoms with E-state index in [-0.39, 0.29) is 5.91 Å². The Hall–Kier alpha value is -3.84. The van der Waals surface area contributed by atoms with Gasteiger partial charge in [0.15, 0.2) is 10.8 Å². The molecule has 0 aliphatic carbocycles. The van der Waals surface area contributed by atoms with Crippen molar-refractivity contribution >= 4 is 39.9 Å². The number of para-hydroxylation sites is 1. The number of fused-ring (bicyclic) bond motifs is 3. The van der Waals surface area contributed by atoms with E-state index in [1.807, 2.05) is 60.7 Å². The number of aromatic nitrogens is 3. The average Bonchev–Trinajstić information content (AvgIpc) is 3.26. The average molecular weight is 455 g/mol. The normalized spacial score (nSPS) is 11.1. The van der Waals surface area contributed by atoms with Gasteiger partial charge in [-0.05, 0) is 66.6 Å². The van der Waals surface area contributed by atoms with E-state index in [0.29, 0.717) is 5.56 Å². The molecule has 0 radical (unpaired) electrons. The molecule has 33 heavy (non-hydrogen) atoms. The number of hydrogen-bond donors (Lipinski definition) is 1. The first-order chi connectivity index (χ1) is 16.1. The summed E-state index contributed by atoms with van der Waals surface area (Å²) in [6.45, 7) is 2.09. The predicted octanol–water partition coefficient (Wildman–Crippen LogP) is 5.74. The molecule has 0 saturated carbocycles. The summed E-state index contributed by atoms with van der Waals surface area (Å²) in [7, 11) is 1.61. The quantitative estimate of drug-likeness (QED) is 0.331. The van der Waals surface area contributed by atoms with Crippen molar-refractivity contribution < 1.29 is 9.53 Å². The number of carbonyl (C=O) groups excluding carboxylic acids is 1. The first-order valence-electron chi connectivity index (χ1n) is 10.5. The van der Waals surface area contributed by atoms with E-state index in [0.717, 1.165) is 39.1 Å². The smallest absolute Gasteiger partial charge is 0.255 e. The van der Waals surface area contributed by atoms with Crippen molar-refractivity contribution in [3.8, 4) is 5.75 Å². The maximum Gasteiger partial charge on any atom is 0.255 e. The lowest BCUT2D eigenvalue weighted by molar-refractivity contribution is 0.102. The fourth-order valence-electron chi connectivity index (χ4n) is 3.75. The van der Waals surface area contributed by atoms with Gasteiger partial charge in [-0.15, -0.1) is 10.2 Å². The van der Waals surface area contributed by atoms with Crippen LogP contribution in [0.25, 0.3) is 16.6 Å². The minimum Gasteiger partial charge on any atom is -0.497 e. The number of methoxy groups -OCH3 is 1. The minimum atomic E-state index is -0.148. The van der Waals surface area contributed by atoms with Gasteiger partial charge in [-0.2, -0.15) is 0 Å². The fourth-order valence-corrected chi connectivity index (χ4v) is 4.65. The Morgan fingerprint density at radius 2 is 1.76 bits per heavy atom. The first-order valence-corrected chi connectivity index (χ1v) is 11.5. The lowest BCUT2D eigenvalue weighted by Gasteiger charge is -2.08. The highest BCUT2D eigenvalue weighted by molar-refractivity contribution is 7.98. The summed E-state index contributed by atoms with van der Waals surface area (Å²) in [5.41, 5.74) is 5.57. The number of rotatable bonds is 6. The zero-order chi connectivity index (χ0) is 22.8. The molecule has 0 bridgehead atoms. The van der Waals surface area contributed by atoms with Crippen LogP contribution in [0.1, 0.15) is 21.5 Å². The molecule has 3 aromatic carbocycles. The van der Waals surface area contributed by atoms with Gasteiger partial charge in [0, 0.05) is 22.4 Å². The second kappa shape index (κ2) is 8.96. The van der Waals surface area contributed by atoms with Gasteiger partial charge >= 0.3 is 0 Å². The summed E-state index contributed by atoms with van der Waals surface area (Å²) in [5, 5.41) is 13.7. The van der Waals surface area contributed by atoms with Gasteiger partial charge < -0.3 is 10.1 Å². The number of anilines is 1. The van der Waals surface area contributed by atoms with Crippen molar-refractivity contribution in [2.45, 2.75) is 17.8 Å². The second-order valence-corrected chi connectivity index (χ2v) is 8.63. The number of amides is 1. The first kappa shape index (κ1) is 21.0. The molecule has 164 valence electrons. The number of aryl methyl sites for hydroxylation is 1. The zero-order valence-corrected chi connectivity index (χ0v) is 19.1. The van der Waals surface area contributed by atoms with E-state index < -0.39 is 0 Å². The number of ether oxygens (including phenoxy) is 1. The topological polar surface area (TPSA) is 68.5 Å². The lowest BCUT2D eigenvalue weighted by Crippen LogP contribution is -2.11. The molecule has 0 aliphatic rings. The number of pyridine rings is 1. The zero-order valence-electron chi connectivity index (χ0n) is 18.3. The summed E-state index contributed by atoms with van der Waals surface area (Å²) in [5.74, 6) is 1.33. The molecule has 2 aromatic heterocycles. The third kappa shape index (κ3) is 4.27. The third-order valence-corrected chi connectivity index (χ3v) is 6.51. The van der Waals surface area contributed by atoms with Gasteiger partial charge in [-0.25, -0.2) is 0 Å². The van der Waals surface area contributed by atoms with Crippen LogP contribution in [0.15, 0.2) is 84.0 Å². The number of hydrogen-bond acceptors (Lipinski definition) is 5. The molecule has 5 rings (SSSR count). The fraction of sp³-hybridized carbons (Fsp3) is 0.115. The molecular weight excluding hydrogens is 432 g/mol. The van der Waals surface area contributed by atoms with E-state index in [1.165, 1.54) is 10.9 Å². The molecule has 0 unspecified atom stereocenters. The second-order valence-electron chi connectivity index (χ2n) is 7.69. The molecule has 6 nitrogen and oxygen atoms in total. The van der Waals surface area contributed by atoms with Gasteiger partial charge in [0.1, 0.15) is 5.75 Å². The van der Waals surface area contributed by atoms with Crippen molar-refractivity contribution in [3.63, 3.8) is 0 Å². The van der Waals surface area contributed by atoms with Crippen LogP contribution in [0.2, 0.25) is 0 Å². The van der Waals surface area contributed by atoms with Crippen LogP contribution in [0.4, 0.5) is 5.69 Å². The van der Waals surface area contributed by atoms with Gasteiger partial charge in [-0.1, -0.05) is 42.1 Å². The van der Waals surface area contributed by atoms with Crippen molar-refractivity contribution in [2.24, 2.45) is 0 Å². The Bertz CT molecular complexity index is 1440. The molecule has 0 fully saturated rings. The van der Waals surface area contributed by atoms with Crippen LogP contribution < -0.4 is 10.1 Å². The van der Waals surface area contributed by atoms with Gasteiger partial charge in [-0.3, -0.25) is 9.20 Å². The molecule has 7 heteroatoms. The van der Waals surface area contributed by atoms with Crippen molar-refractivity contribution in [3.05, 3.63) is 95.6 Å². The molecule has 5 aromatic rings. The molecular formula is C26H22N4O2S. The largest absolute Gasteiger partial charge is 0.497 e. The van der Waals surface area contributed by atoms with Gasteiger partial charge in [0.05, 0.1) is 12.6 Å². The molecule has 2 heterocycles. The predicted molar refractivity (Wildman–Crippen MR) is 132 cm³/mol. The van der Waals surface area contributed by atoms with Crippen LogP contribution in [-0.4, -0.2) is 27.6 Å². The Kier molecular flexibility index (Phi) is 5.71. The number of carbonyl (C=O) groups is 1. The van der Waals surface area contributed by atoms with Crippen LogP contribution >= 0.6 is 11.8 Å². The Morgan fingerprint density at radius 3 is 2.52 bits per heavy atom. The van der Waals surface area contributed by atoms with Crippen LogP contribution in [-0.2, 0) is 5.75 Å². The van der Waals surface area contributed by atoms with Crippen LogP contribution in [0.5, 0.6) is 5.75 Å². The summed E-state index contributed by atoms with van der Waals surface area (Å²) < 4.78 is 7.25. The summed E-state index contributed by atoms with van der Waals surface area (Å²) >= 11 is 1.63.